The molecule has 0 spiro atoms. The number of aryl methyl sites for hydroxylation is 1. The van der Waals surface area contributed by atoms with Gasteiger partial charge in [-0.3, -0.25) is 4.79 Å². The zero-order chi connectivity index (χ0) is 17.0. The number of carboxylic acids is 1. The van der Waals surface area contributed by atoms with Crippen LogP contribution in [0.2, 0.25) is 0 Å². The average molecular weight is 323 g/mol. The van der Waals surface area contributed by atoms with Crippen molar-refractivity contribution in [3.05, 3.63) is 23.2 Å². The van der Waals surface area contributed by atoms with Gasteiger partial charge in [0.05, 0.1) is 0 Å². The molecule has 126 valence electrons. The summed E-state index contributed by atoms with van der Waals surface area (Å²) in [6.45, 7) is 5.82. The molecule has 3 amide bonds. The van der Waals surface area contributed by atoms with Gasteiger partial charge in [-0.05, 0) is 6.92 Å². The third-order valence-corrected chi connectivity index (χ3v) is 3.75. The van der Waals surface area contributed by atoms with Crippen LogP contribution in [0.3, 0.4) is 0 Å². The van der Waals surface area contributed by atoms with E-state index < -0.39 is 5.97 Å². The van der Waals surface area contributed by atoms with Crippen LogP contribution in [0.1, 0.15) is 40.5 Å². The topological polar surface area (TPSA) is 103 Å². The van der Waals surface area contributed by atoms with Crippen LogP contribution in [0.4, 0.5) is 4.79 Å². The number of nitrogens with zero attached hydrogens (tertiary/aromatic N) is 2. The first kappa shape index (κ1) is 16.9. The molecule has 0 radical (unpaired) electrons. The highest BCUT2D eigenvalue weighted by atomic mass is 16.4. The Morgan fingerprint density at radius 3 is 2.26 bits per heavy atom. The molecule has 1 saturated heterocycles. The van der Waals surface area contributed by atoms with Crippen LogP contribution >= 0.6 is 0 Å². The lowest BCUT2D eigenvalue weighted by Crippen LogP contribution is -2.53. The zero-order valence-electron chi connectivity index (χ0n) is 13.3. The predicted octanol–water partition coefficient (Wildman–Crippen LogP) is 1.03. The lowest BCUT2D eigenvalue weighted by atomic mass is 10.2. The Morgan fingerprint density at radius 1 is 1.17 bits per heavy atom. The number of rotatable bonds is 4. The third kappa shape index (κ3) is 3.64. The van der Waals surface area contributed by atoms with Crippen LogP contribution in [-0.4, -0.2) is 65.5 Å². The van der Waals surface area contributed by atoms with Crippen LogP contribution in [0.15, 0.2) is 10.5 Å². The molecule has 0 aliphatic carbocycles. The van der Waals surface area contributed by atoms with Gasteiger partial charge in [0.1, 0.15) is 11.3 Å². The smallest absolute Gasteiger partial charge is 0.339 e. The number of piperazine rings is 1. The van der Waals surface area contributed by atoms with Crippen molar-refractivity contribution in [2.45, 2.75) is 20.3 Å². The largest absolute Gasteiger partial charge is 0.478 e. The minimum absolute atomic E-state index is 0.0248. The van der Waals surface area contributed by atoms with Crippen molar-refractivity contribution in [2.75, 3.05) is 32.7 Å². The normalized spacial score (nSPS) is 14.7. The summed E-state index contributed by atoms with van der Waals surface area (Å²) in [6.07, 6.45) is 0.403. The van der Waals surface area contributed by atoms with E-state index in [1.165, 1.54) is 6.07 Å². The number of nitrogens with one attached hydrogen (secondary N) is 1. The van der Waals surface area contributed by atoms with E-state index in [-0.39, 0.29) is 23.3 Å². The quantitative estimate of drug-likeness (QED) is 0.861. The van der Waals surface area contributed by atoms with Crippen molar-refractivity contribution in [3.63, 3.8) is 0 Å². The molecule has 0 atom stereocenters. The second kappa shape index (κ2) is 7.17. The maximum atomic E-state index is 12.4. The van der Waals surface area contributed by atoms with Gasteiger partial charge in [0.15, 0.2) is 5.76 Å². The van der Waals surface area contributed by atoms with Gasteiger partial charge in [-0.1, -0.05) is 6.92 Å². The number of aromatic carboxylic acids is 1. The van der Waals surface area contributed by atoms with E-state index in [1.807, 2.05) is 6.92 Å². The Morgan fingerprint density at radius 2 is 1.78 bits per heavy atom. The van der Waals surface area contributed by atoms with Gasteiger partial charge < -0.3 is 24.6 Å². The van der Waals surface area contributed by atoms with Gasteiger partial charge >= 0.3 is 12.0 Å². The minimum Gasteiger partial charge on any atom is -0.478 e. The summed E-state index contributed by atoms with van der Waals surface area (Å²) in [7, 11) is 0. The predicted molar refractivity (Wildman–Crippen MR) is 81.6 cm³/mol. The number of hydrogen-bond acceptors (Lipinski definition) is 4. The number of hydrogen-bond donors (Lipinski definition) is 2. The molecular formula is C15H21N3O5. The van der Waals surface area contributed by atoms with Crippen LogP contribution < -0.4 is 5.32 Å². The molecule has 0 aromatic carbocycles. The monoisotopic (exact) mass is 323 g/mol. The summed E-state index contributed by atoms with van der Waals surface area (Å²) in [5.41, 5.74) is 0.0248. The lowest BCUT2D eigenvalue weighted by molar-refractivity contribution is 0.0631. The Balaban J connectivity index is 2.03. The second-order valence-electron chi connectivity index (χ2n) is 5.22. The molecule has 1 aliphatic heterocycles. The van der Waals surface area contributed by atoms with E-state index in [0.717, 1.165) is 0 Å². The summed E-state index contributed by atoms with van der Waals surface area (Å²) in [5.74, 6) is -1.12. The first-order chi connectivity index (χ1) is 11.0. The van der Waals surface area contributed by atoms with E-state index >= 15 is 0 Å². The Hall–Kier alpha value is -2.51. The highest BCUT2D eigenvalue weighted by Gasteiger charge is 2.28. The van der Waals surface area contributed by atoms with Crippen LogP contribution in [0, 0.1) is 0 Å². The first-order valence-corrected chi connectivity index (χ1v) is 7.66. The molecule has 1 aliphatic rings. The summed E-state index contributed by atoms with van der Waals surface area (Å²) in [4.78, 5) is 38.5. The number of carbonyl (C=O) groups excluding carboxylic acids is 2. The summed E-state index contributed by atoms with van der Waals surface area (Å²) < 4.78 is 5.39. The first-order valence-electron chi connectivity index (χ1n) is 7.66. The fourth-order valence-corrected chi connectivity index (χ4v) is 2.51. The van der Waals surface area contributed by atoms with E-state index in [0.29, 0.717) is 44.9 Å². The van der Waals surface area contributed by atoms with E-state index in [1.54, 1.807) is 16.7 Å². The molecule has 8 heteroatoms. The van der Waals surface area contributed by atoms with Crippen molar-refractivity contribution < 1.29 is 23.9 Å². The lowest BCUT2D eigenvalue weighted by Gasteiger charge is -2.34. The van der Waals surface area contributed by atoms with Crippen molar-refractivity contribution >= 4 is 17.9 Å². The van der Waals surface area contributed by atoms with Crippen molar-refractivity contribution in [1.82, 2.24) is 15.1 Å². The van der Waals surface area contributed by atoms with Crippen LogP contribution in [0.5, 0.6) is 0 Å². The highest BCUT2D eigenvalue weighted by Crippen LogP contribution is 2.19. The molecule has 0 unspecified atom stereocenters. The van der Waals surface area contributed by atoms with Crippen LogP contribution in [-0.2, 0) is 6.42 Å². The van der Waals surface area contributed by atoms with Gasteiger partial charge in [0, 0.05) is 45.2 Å². The molecule has 23 heavy (non-hydrogen) atoms. The van der Waals surface area contributed by atoms with Gasteiger partial charge in [-0.2, -0.15) is 0 Å². The van der Waals surface area contributed by atoms with Crippen molar-refractivity contribution in [1.29, 1.82) is 0 Å². The number of furan rings is 1. The van der Waals surface area contributed by atoms with Crippen LogP contribution in [0.25, 0.3) is 0 Å². The fourth-order valence-electron chi connectivity index (χ4n) is 2.51. The number of carboxylic acid groups (broad SMARTS) is 1. The molecule has 2 N–H and O–H groups in total. The second-order valence-corrected chi connectivity index (χ2v) is 5.22. The van der Waals surface area contributed by atoms with E-state index in [9.17, 15) is 14.4 Å². The third-order valence-electron chi connectivity index (χ3n) is 3.75. The summed E-state index contributed by atoms with van der Waals surface area (Å²) in [6, 6.07) is 1.14. The van der Waals surface area contributed by atoms with E-state index in [2.05, 4.69) is 5.32 Å². The Labute approximate surface area is 134 Å². The number of amides is 3. The number of carbonyl (C=O) groups is 3. The average Bonchev–Trinajstić information content (AvgIpc) is 2.99. The number of urea groups is 1. The molecule has 0 saturated carbocycles. The summed E-state index contributed by atoms with van der Waals surface area (Å²) >= 11 is 0. The molecule has 0 bridgehead atoms. The van der Waals surface area contributed by atoms with Gasteiger partial charge in [0.25, 0.3) is 5.91 Å². The standard InChI is InChI=1S/C15H21N3O5/c1-3-11-10(14(20)21)9-12(23-11)13(19)17-5-7-18(8-6-17)15(22)16-4-2/h9H,3-8H2,1-2H3,(H,16,22)(H,20,21). The molecule has 1 aromatic rings. The molecule has 2 heterocycles. The van der Waals surface area contributed by atoms with Gasteiger partial charge in [-0.25, -0.2) is 9.59 Å². The maximum absolute atomic E-state index is 12.4. The molecule has 8 nitrogen and oxygen atoms in total. The molecular weight excluding hydrogens is 302 g/mol. The zero-order valence-corrected chi connectivity index (χ0v) is 13.3. The van der Waals surface area contributed by atoms with Crippen molar-refractivity contribution in [2.24, 2.45) is 0 Å². The molecule has 2 rings (SSSR count). The Bertz CT molecular complexity index is 602. The van der Waals surface area contributed by atoms with E-state index in [4.69, 9.17) is 9.52 Å². The SMILES string of the molecule is CCNC(=O)N1CCN(C(=O)c2cc(C(=O)O)c(CC)o2)CC1. The molecule has 1 aromatic heterocycles. The summed E-state index contributed by atoms with van der Waals surface area (Å²) in [5, 5.41) is 11.8. The van der Waals surface area contributed by atoms with Gasteiger partial charge in [0.2, 0.25) is 0 Å². The van der Waals surface area contributed by atoms with Crippen molar-refractivity contribution in [3.8, 4) is 0 Å². The minimum atomic E-state index is -1.11. The fraction of sp³-hybridized carbons (Fsp3) is 0.533. The maximum Gasteiger partial charge on any atom is 0.339 e. The van der Waals surface area contributed by atoms with Gasteiger partial charge in [-0.15, -0.1) is 0 Å². The highest BCUT2D eigenvalue weighted by molar-refractivity contribution is 5.96. The Kier molecular flexibility index (Phi) is 5.25. The molecule has 1 fully saturated rings.